The Kier molecular flexibility index (Phi) is 4.28. The number of hydrogen-bond donors (Lipinski definition) is 0. The SMILES string of the molecule is CC=C(C=O)CCC1(C)OCC(C)(C)CO1. The second-order valence-electron chi connectivity index (χ2n) is 5.36. The molecule has 1 saturated heterocycles. The lowest BCUT2D eigenvalue weighted by Crippen LogP contribution is -2.45. The van der Waals surface area contributed by atoms with E-state index in [1.165, 1.54) is 0 Å². The van der Waals surface area contributed by atoms with Crippen molar-refractivity contribution in [1.82, 2.24) is 0 Å². The minimum absolute atomic E-state index is 0.0909. The number of ether oxygens (including phenoxy) is 2. The minimum atomic E-state index is -0.535. The summed E-state index contributed by atoms with van der Waals surface area (Å²) in [6, 6.07) is 0. The predicted octanol–water partition coefficient (Wildman–Crippen LogP) is 2.70. The summed E-state index contributed by atoms with van der Waals surface area (Å²) < 4.78 is 11.5. The zero-order chi connectivity index (χ0) is 12.2. The van der Waals surface area contributed by atoms with Crippen LogP contribution in [0.2, 0.25) is 0 Å². The average Bonchev–Trinajstić information content (AvgIpc) is 2.25. The van der Waals surface area contributed by atoms with Gasteiger partial charge in [-0.3, -0.25) is 4.79 Å². The molecule has 0 bridgehead atoms. The molecule has 0 aromatic rings. The van der Waals surface area contributed by atoms with Crippen LogP contribution in [0.3, 0.4) is 0 Å². The first-order chi connectivity index (χ1) is 7.41. The summed E-state index contributed by atoms with van der Waals surface area (Å²) in [6.45, 7) is 9.47. The Hall–Kier alpha value is -0.670. The Labute approximate surface area is 97.8 Å². The van der Waals surface area contributed by atoms with E-state index in [1.807, 2.05) is 19.9 Å². The highest BCUT2D eigenvalue weighted by Gasteiger charge is 2.36. The van der Waals surface area contributed by atoms with E-state index >= 15 is 0 Å². The van der Waals surface area contributed by atoms with Gasteiger partial charge < -0.3 is 9.47 Å². The van der Waals surface area contributed by atoms with Crippen molar-refractivity contribution in [3.63, 3.8) is 0 Å². The van der Waals surface area contributed by atoms with Crippen molar-refractivity contribution in [1.29, 1.82) is 0 Å². The Morgan fingerprint density at radius 3 is 2.25 bits per heavy atom. The third kappa shape index (κ3) is 3.72. The van der Waals surface area contributed by atoms with Crippen molar-refractivity contribution in [2.75, 3.05) is 13.2 Å². The molecule has 0 spiro atoms. The molecule has 0 atom stereocenters. The van der Waals surface area contributed by atoms with E-state index < -0.39 is 5.79 Å². The molecule has 0 aliphatic carbocycles. The molecule has 0 saturated carbocycles. The second-order valence-corrected chi connectivity index (χ2v) is 5.36. The lowest BCUT2D eigenvalue weighted by Gasteiger charge is -2.41. The molecule has 16 heavy (non-hydrogen) atoms. The molecule has 0 aromatic carbocycles. The number of aldehydes is 1. The Morgan fingerprint density at radius 2 is 1.81 bits per heavy atom. The zero-order valence-corrected chi connectivity index (χ0v) is 10.7. The highest BCUT2D eigenvalue weighted by molar-refractivity contribution is 5.72. The summed E-state index contributed by atoms with van der Waals surface area (Å²) in [7, 11) is 0. The van der Waals surface area contributed by atoms with Crippen LogP contribution in [0, 0.1) is 5.41 Å². The van der Waals surface area contributed by atoms with Crippen LogP contribution in [-0.2, 0) is 14.3 Å². The van der Waals surface area contributed by atoms with E-state index in [2.05, 4.69) is 13.8 Å². The van der Waals surface area contributed by atoms with E-state index in [9.17, 15) is 4.79 Å². The fourth-order valence-electron chi connectivity index (χ4n) is 1.57. The first kappa shape index (κ1) is 13.4. The van der Waals surface area contributed by atoms with Gasteiger partial charge in [-0.2, -0.15) is 0 Å². The van der Waals surface area contributed by atoms with Crippen LogP contribution in [0.25, 0.3) is 0 Å². The van der Waals surface area contributed by atoms with Gasteiger partial charge in [0.25, 0.3) is 0 Å². The van der Waals surface area contributed by atoms with Gasteiger partial charge in [-0.25, -0.2) is 0 Å². The molecule has 0 unspecified atom stereocenters. The number of allylic oxidation sites excluding steroid dienone is 2. The first-order valence-corrected chi connectivity index (χ1v) is 5.79. The molecular formula is C13H22O3. The van der Waals surface area contributed by atoms with Gasteiger partial charge in [0, 0.05) is 11.8 Å². The van der Waals surface area contributed by atoms with E-state index in [-0.39, 0.29) is 5.41 Å². The molecule has 1 fully saturated rings. The summed E-state index contributed by atoms with van der Waals surface area (Å²) in [5.74, 6) is -0.535. The van der Waals surface area contributed by atoms with Crippen LogP contribution < -0.4 is 0 Å². The molecule has 0 N–H and O–H groups in total. The van der Waals surface area contributed by atoms with E-state index in [0.717, 1.165) is 18.3 Å². The first-order valence-electron chi connectivity index (χ1n) is 5.79. The summed E-state index contributed by atoms with van der Waals surface area (Å²) in [5, 5.41) is 0. The van der Waals surface area contributed by atoms with Crippen LogP contribution in [0.1, 0.15) is 40.5 Å². The fraction of sp³-hybridized carbons (Fsp3) is 0.769. The lowest BCUT2D eigenvalue weighted by atomic mass is 9.94. The van der Waals surface area contributed by atoms with Gasteiger partial charge in [0.05, 0.1) is 13.2 Å². The predicted molar refractivity (Wildman–Crippen MR) is 63.1 cm³/mol. The van der Waals surface area contributed by atoms with Crippen LogP contribution in [0.4, 0.5) is 0 Å². The van der Waals surface area contributed by atoms with Crippen molar-refractivity contribution >= 4 is 6.29 Å². The molecule has 1 heterocycles. The van der Waals surface area contributed by atoms with Crippen LogP contribution >= 0.6 is 0 Å². The molecule has 3 heteroatoms. The average molecular weight is 226 g/mol. The zero-order valence-electron chi connectivity index (χ0n) is 10.7. The smallest absolute Gasteiger partial charge is 0.165 e. The van der Waals surface area contributed by atoms with Gasteiger partial charge in [-0.15, -0.1) is 0 Å². The molecule has 1 aliphatic heterocycles. The van der Waals surface area contributed by atoms with E-state index in [1.54, 1.807) is 0 Å². The van der Waals surface area contributed by atoms with Gasteiger partial charge in [0.15, 0.2) is 5.79 Å². The molecule has 1 aliphatic rings. The normalized spacial score (nSPS) is 24.1. The van der Waals surface area contributed by atoms with Gasteiger partial charge in [0.1, 0.15) is 6.29 Å². The summed E-state index contributed by atoms with van der Waals surface area (Å²) >= 11 is 0. The molecule has 1 rings (SSSR count). The highest BCUT2D eigenvalue weighted by atomic mass is 16.7. The third-order valence-corrected chi connectivity index (χ3v) is 2.93. The fourth-order valence-corrected chi connectivity index (χ4v) is 1.57. The minimum Gasteiger partial charge on any atom is -0.350 e. The second kappa shape index (κ2) is 5.11. The van der Waals surface area contributed by atoms with E-state index in [4.69, 9.17) is 9.47 Å². The summed E-state index contributed by atoms with van der Waals surface area (Å²) in [4.78, 5) is 10.7. The molecule has 0 aromatic heterocycles. The number of carbonyl (C=O) groups is 1. The molecule has 0 amide bonds. The lowest BCUT2D eigenvalue weighted by molar-refractivity contribution is -0.291. The molecular weight excluding hydrogens is 204 g/mol. The molecule has 0 radical (unpaired) electrons. The van der Waals surface area contributed by atoms with Crippen molar-refractivity contribution < 1.29 is 14.3 Å². The molecule has 3 nitrogen and oxygen atoms in total. The van der Waals surface area contributed by atoms with Gasteiger partial charge in [0.2, 0.25) is 0 Å². The Bertz CT molecular complexity index is 269. The maximum absolute atomic E-state index is 10.7. The molecule has 92 valence electrons. The van der Waals surface area contributed by atoms with Gasteiger partial charge >= 0.3 is 0 Å². The topological polar surface area (TPSA) is 35.5 Å². The van der Waals surface area contributed by atoms with Crippen molar-refractivity contribution in [3.05, 3.63) is 11.6 Å². The van der Waals surface area contributed by atoms with Crippen LogP contribution in [-0.4, -0.2) is 25.3 Å². The van der Waals surface area contributed by atoms with Crippen molar-refractivity contribution in [2.45, 2.75) is 46.3 Å². The van der Waals surface area contributed by atoms with Crippen LogP contribution in [0.15, 0.2) is 11.6 Å². The summed E-state index contributed by atoms with van der Waals surface area (Å²) in [5.41, 5.74) is 0.895. The Morgan fingerprint density at radius 1 is 1.25 bits per heavy atom. The number of hydrogen-bond acceptors (Lipinski definition) is 3. The standard InChI is InChI=1S/C13H22O3/c1-5-11(8-14)6-7-13(4)15-9-12(2,3)10-16-13/h5,8H,6-7,9-10H2,1-4H3. The highest BCUT2D eigenvalue weighted by Crippen LogP contribution is 2.32. The number of carbonyl (C=O) groups excluding carboxylic acids is 1. The maximum atomic E-state index is 10.7. The maximum Gasteiger partial charge on any atom is 0.165 e. The number of rotatable bonds is 4. The quantitative estimate of drug-likeness (QED) is 0.546. The monoisotopic (exact) mass is 226 g/mol. The Balaban J connectivity index is 2.45. The van der Waals surface area contributed by atoms with Crippen LogP contribution in [0.5, 0.6) is 0 Å². The third-order valence-electron chi connectivity index (χ3n) is 2.93. The van der Waals surface area contributed by atoms with Gasteiger partial charge in [-0.05, 0) is 25.8 Å². The largest absolute Gasteiger partial charge is 0.350 e. The summed E-state index contributed by atoms with van der Waals surface area (Å²) in [6.07, 6.45) is 4.16. The van der Waals surface area contributed by atoms with Crippen molar-refractivity contribution in [2.24, 2.45) is 5.41 Å². The van der Waals surface area contributed by atoms with E-state index in [0.29, 0.717) is 19.6 Å². The van der Waals surface area contributed by atoms with Gasteiger partial charge in [-0.1, -0.05) is 19.9 Å². The van der Waals surface area contributed by atoms with Crippen molar-refractivity contribution in [3.8, 4) is 0 Å².